The Labute approximate surface area is 161 Å². The number of amides is 1. The second-order valence-electron chi connectivity index (χ2n) is 6.47. The highest BCUT2D eigenvalue weighted by atomic mass is 19.1. The summed E-state index contributed by atoms with van der Waals surface area (Å²) in [6.07, 6.45) is 3.27. The number of aromatic nitrogens is 3. The van der Waals surface area contributed by atoms with Crippen LogP contribution in [0, 0.1) is 5.82 Å². The lowest BCUT2D eigenvalue weighted by molar-refractivity contribution is -0.112. The molecule has 0 spiro atoms. The molecule has 0 aliphatic heterocycles. The third-order valence-electron chi connectivity index (χ3n) is 4.39. The van der Waals surface area contributed by atoms with Crippen LogP contribution in [0.1, 0.15) is 6.92 Å². The Morgan fingerprint density at radius 1 is 1.11 bits per heavy atom. The summed E-state index contributed by atoms with van der Waals surface area (Å²) in [6, 6.07) is 13.8. The number of nitrogens with one attached hydrogen (secondary N) is 2. The van der Waals surface area contributed by atoms with E-state index in [0.717, 1.165) is 22.1 Å². The SMILES string of the molecule is C=C(C)C(=O)Nc1cccc(-c2ncnc3[nH]cc(-c4cccc(F)c4)c23)c1. The van der Waals surface area contributed by atoms with E-state index in [-0.39, 0.29) is 11.7 Å². The Kier molecular flexibility index (Phi) is 4.45. The predicted molar refractivity (Wildman–Crippen MR) is 108 cm³/mol. The highest BCUT2D eigenvalue weighted by molar-refractivity contribution is 6.05. The first-order valence-electron chi connectivity index (χ1n) is 8.68. The second kappa shape index (κ2) is 7.08. The van der Waals surface area contributed by atoms with Gasteiger partial charge in [0.15, 0.2) is 0 Å². The molecule has 0 bridgehead atoms. The molecule has 5 nitrogen and oxygen atoms in total. The molecule has 0 unspecified atom stereocenters. The quantitative estimate of drug-likeness (QED) is 0.498. The van der Waals surface area contributed by atoms with Gasteiger partial charge < -0.3 is 10.3 Å². The van der Waals surface area contributed by atoms with Crippen molar-refractivity contribution in [3.63, 3.8) is 0 Å². The van der Waals surface area contributed by atoms with Gasteiger partial charge in [-0.3, -0.25) is 4.79 Å². The summed E-state index contributed by atoms with van der Waals surface area (Å²) in [5.74, 6) is -0.554. The number of aromatic amines is 1. The van der Waals surface area contributed by atoms with Gasteiger partial charge in [-0.2, -0.15) is 0 Å². The molecule has 2 aromatic heterocycles. The monoisotopic (exact) mass is 372 g/mol. The van der Waals surface area contributed by atoms with E-state index in [1.54, 1.807) is 25.3 Å². The summed E-state index contributed by atoms with van der Waals surface area (Å²) < 4.78 is 13.7. The summed E-state index contributed by atoms with van der Waals surface area (Å²) in [6.45, 7) is 5.30. The van der Waals surface area contributed by atoms with Crippen LogP contribution in [0.5, 0.6) is 0 Å². The van der Waals surface area contributed by atoms with Crippen molar-refractivity contribution in [1.29, 1.82) is 0 Å². The molecular formula is C22H17FN4O. The first-order valence-corrected chi connectivity index (χ1v) is 8.68. The minimum atomic E-state index is -0.310. The number of hydrogen-bond donors (Lipinski definition) is 2. The number of benzene rings is 2. The van der Waals surface area contributed by atoms with E-state index < -0.39 is 0 Å². The summed E-state index contributed by atoms with van der Waals surface area (Å²) >= 11 is 0. The number of carbonyl (C=O) groups is 1. The smallest absolute Gasteiger partial charge is 0.250 e. The maximum Gasteiger partial charge on any atom is 0.250 e. The molecule has 4 rings (SSSR count). The fraction of sp³-hybridized carbons (Fsp3) is 0.0455. The number of anilines is 1. The van der Waals surface area contributed by atoms with E-state index in [2.05, 4.69) is 26.8 Å². The van der Waals surface area contributed by atoms with Crippen molar-refractivity contribution in [2.75, 3.05) is 5.32 Å². The fourth-order valence-electron chi connectivity index (χ4n) is 3.05. The Balaban J connectivity index is 1.85. The normalized spacial score (nSPS) is 10.8. The highest BCUT2D eigenvalue weighted by Gasteiger charge is 2.15. The van der Waals surface area contributed by atoms with Crippen LogP contribution in [0.4, 0.5) is 10.1 Å². The van der Waals surface area contributed by atoms with Crippen molar-refractivity contribution in [3.8, 4) is 22.4 Å². The molecular weight excluding hydrogens is 355 g/mol. The number of hydrogen-bond acceptors (Lipinski definition) is 3. The summed E-state index contributed by atoms with van der Waals surface area (Å²) in [5.41, 5.74) is 4.76. The number of carbonyl (C=O) groups excluding carboxylic acids is 1. The number of rotatable bonds is 4. The molecule has 0 saturated heterocycles. The molecule has 6 heteroatoms. The Morgan fingerprint density at radius 2 is 1.89 bits per heavy atom. The molecule has 28 heavy (non-hydrogen) atoms. The van der Waals surface area contributed by atoms with Crippen LogP contribution in [0.2, 0.25) is 0 Å². The van der Waals surface area contributed by atoms with Crippen molar-refractivity contribution in [3.05, 3.63) is 79.0 Å². The van der Waals surface area contributed by atoms with Crippen molar-refractivity contribution >= 4 is 22.6 Å². The maximum absolute atomic E-state index is 13.7. The lowest BCUT2D eigenvalue weighted by Gasteiger charge is -2.09. The zero-order chi connectivity index (χ0) is 19.7. The minimum Gasteiger partial charge on any atom is -0.345 e. The lowest BCUT2D eigenvalue weighted by atomic mass is 10.0. The van der Waals surface area contributed by atoms with Crippen molar-refractivity contribution in [1.82, 2.24) is 15.0 Å². The minimum absolute atomic E-state index is 0.243. The van der Waals surface area contributed by atoms with Crippen molar-refractivity contribution in [2.45, 2.75) is 6.92 Å². The van der Waals surface area contributed by atoms with Gasteiger partial charge in [0.25, 0.3) is 5.91 Å². The zero-order valence-electron chi connectivity index (χ0n) is 15.2. The topological polar surface area (TPSA) is 70.7 Å². The van der Waals surface area contributed by atoms with Crippen LogP contribution >= 0.6 is 0 Å². The van der Waals surface area contributed by atoms with Crippen LogP contribution in [-0.4, -0.2) is 20.9 Å². The van der Waals surface area contributed by atoms with Gasteiger partial charge in [-0.15, -0.1) is 0 Å². The summed E-state index contributed by atoms with van der Waals surface area (Å²) in [4.78, 5) is 23.8. The largest absolute Gasteiger partial charge is 0.345 e. The van der Waals surface area contributed by atoms with Gasteiger partial charge in [-0.05, 0) is 36.8 Å². The predicted octanol–water partition coefficient (Wildman–Crippen LogP) is 4.95. The summed E-state index contributed by atoms with van der Waals surface area (Å²) in [7, 11) is 0. The molecule has 0 aliphatic rings. The number of H-pyrrole nitrogens is 1. The van der Waals surface area contributed by atoms with Crippen molar-refractivity contribution < 1.29 is 9.18 Å². The molecule has 0 radical (unpaired) electrons. The molecule has 138 valence electrons. The lowest BCUT2D eigenvalue weighted by Crippen LogP contribution is -2.11. The fourth-order valence-corrected chi connectivity index (χ4v) is 3.05. The zero-order valence-corrected chi connectivity index (χ0v) is 15.2. The van der Waals surface area contributed by atoms with Crippen LogP contribution in [0.25, 0.3) is 33.4 Å². The van der Waals surface area contributed by atoms with Crippen LogP contribution in [0.15, 0.2) is 73.2 Å². The third-order valence-corrected chi connectivity index (χ3v) is 4.39. The van der Waals surface area contributed by atoms with E-state index in [4.69, 9.17) is 0 Å². The van der Waals surface area contributed by atoms with Gasteiger partial charge in [0.1, 0.15) is 17.8 Å². The van der Waals surface area contributed by atoms with Gasteiger partial charge in [0.05, 0.1) is 11.1 Å². The Hall–Kier alpha value is -3.80. The molecule has 4 aromatic rings. The number of halogens is 1. The van der Waals surface area contributed by atoms with E-state index in [9.17, 15) is 9.18 Å². The van der Waals surface area contributed by atoms with E-state index in [1.165, 1.54) is 18.5 Å². The van der Waals surface area contributed by atoms with Crippen LogP contribution in [-0.2, 0) is 4.79 Å². The van der Waals surface area contributed by atoms with E-state index in [1.807, 2.05) is 24.3 Å². The van der Waals surface area contributed by atoms with Crippen molar-refractivity contribution in [2.24, 2.45) is 0 Å². The average molecular weight is 372 g/mol. The Bertz CT molecular complexity index is 1210. The van der Waals surface area contributed by atoms with E-state index >= 15 is 0 Å². The number of nitrogens with zero attached hydrogens (tertiary/aromatic N) is 2. The average Bonchev–Trinajstić information content (AvgIpc) is 3.12. The molecule has 2 aromatic carbocycles. The third kappa shape index (κ3) is 3.27. The first-order chi connectivity index (χ1) is 13.5. The molecule has 0 aliphatic carbocycles. The summed E-state index contributed by atoms with van der Waals surface area (Å²) in [5, 5.41) is 3.60. The maximum atomic E-state index is 13.7. The molecule has 0 saturated carbocycles. The molecule has 1 amide bonds. The first kappa shape index (κ1) is 17.6. The van der Waals surface area contributed by atoms with Gasteiger partial charge in [-0.25, -0.2) is 14.4 Å². The molecule has 0 fully saturated rings. The highest BCUT2D eigenvalue weighted by Crippen LogP contribution is 2.35. The standard InChI is InChI=1S/C22H17FN4O/c1-13(2)22(28)27-17-8-4-6-15(10-17)20-19-18(11-24-21(19)26-12-25-20)14-5-3-7-16(23)9-14/h3-12H,1H2,2H3,(H,27,28)(H,24,25,26). The number of fused-ring (bicyclic) bond motifs is 1. The molecule has 2 heterocycles. The Morgan fingerprint density at radius 3 is 2.68 bits per heavy atom. The van der Waals surface area contributed by atoms with Gasteiger partial charge in [0, 0.05) is 28.6 Å². The van der Waals surface area contributed by atoms with Crippen LogP contribution in [0.3, 0.4) is 0 Å². The second-order valence-corrected chi connectivity index (χ2v) is 6.47. The van der Waals surface area contributed by atoms with Gasteiger partial charge >= 0.3 is 0 Å². The van der Waals surface area contributed by atoms with Gasteiger partial charge in [0.2, 0.25) is 0 Å². The molecule has 0 atom stereocenters. The van der Waals surface area contributed by atoms with E-state index in [0.29, 0.717) is 22.6 Å². The van der Waals surface area contributed by atoms with Gasteiger partial charge in [-0.1, -0.05) is 30.8 Å². The molecule has 2 N–H and O–H groups in total. The van der Waals surface area contributed by atoms with Crippen LogP contribution < -0.4 is 5.32 Å².